The number of benzene rings is 2. The lowest BCUT2D eigenvalue weighted by Gasteiger charge is -2.16. The second-order valence-electron chi connectivity index (χ2n) is 6.37. The minimum atomic E-state index is -1.23. The maximum atomic E-state index is 12.9. The number of carbonyl (C=O) groups is 2. The van der Waals surface area contributed by atoms with Crippen molar-refractivity contribution in [1.29, 1.82) is 0 Å². The summed E-state index contributed by atoms with van der Waals surface area (Å²) in [5.41, 5.74) is 2.56. The summed E-state index contributed by atoms with van der Waals surface area (Å²) >= 11 is 6.64. The molecular weight excluding hydrogens is 406 g/mol. The Labute approximate surface area is 176 Å². The van der Waals surface area contributed by atoms with Gasteiger partial charge in [-0.25, -0.2) is 0 Å². The molecule has 0 spiro atoms. The number of nitrogens with zero attached hydrogens (tertiary/aromatic N) is 1. The van der Waals surface area contributed by atoms with Crippen LogP contribution < -0.4 is 10.0 Å². The molecule has 1 aliphatic rings. The topological polar surface area (TPSA) is 73.6 Å². The zero-order valence-electron chi connectivity index (χ0n) is 15.2. The van der Waals surface area contributed by atoms with Crippen molar-refractivity contribution in [1.82, 2.24) is 0 Å². The number of carboxylic acid groups (broad SMARTS) is 1. The number of thioether (sulfide) groups is 1. The van der Waals surface area contributed by atoms with Gasteiger partial charge in [-0.15, -0.1) is 0 Å². The quantitative estimate of drug-likeness (QED) is 0.469. The van der Waals surface area contributed by atoms with Crippen LogP contribution in [0.25, 0.3) is 17.4 Å². The summed E-state index contributed by atoms with van der Waals surface area (Å²) in [6.07, 6.45) is 1.66. The number of aryl methyl sites for hydroxylation is 1. The number of rotatable bonds is 4. The summed E-state index contributed by atoms with van der Waals surface area (Å²) < 4.78 is 6.29. The second-order valence-corrected chi connectivity index (χ2v) is 8.05. The smallest absolute Gasteiger partial charge is 0.270 e. The predicted molar refractivity (Wildman–Crippen MR) is 115 cm³/mol. The third-order valence-electron chi connectivity index (χ3n) is 4.46. The molecule has 3 aromatic rings. The Bertz CT molecular complexity index is 1160. The van der Waals surface area contributed by atoms with E-state index >= 15 is 0 Å². The first-order valence-electron chi connectivity index (χ1n) is 8.69. The standard InChI is InChI=1S/C22H15NO4S2/c1-13-4-2-3-5-17(13)23-20(24)19(29-22(23)28)12-16-10-11-18(27-16)14-6-8-15(9-7-14)21(25)26/h2-12H,1H3,(H,25,26)/p-1/b19-12+. The summed E-state index contributed by atoms with van der Waals surface area (Å²) in [5.74, 6) is -0.345. The molecule has 2 heterocycles. The van der Waals surface area contributed by atoms with Crippen LogP contribution >= 0.6 is 24.0 Å². The summed E-state index contributed by atoms with van der Waals surface area (Å²) in [5, 5.41) is 10.9. The van der Waals surface area contributed by atoms with E-state index in [0.717, 1.165) is 16.8 Å². The Hall–Kier alpha value is -3.16. The van der Waals surface area contributed by atoms with Crippen molar-refractivity contribution in [3.05, 3.63) is 82.5 Å². The molecule has 29 heavy (non-hydrogen) atoms. The van der Waals surface area contributed by atoms with E-state index in [2.05, 4.69) is 0 Å². The van der Waals surface area contributed by atoms with Crippen LogP contribution in [-0.2, 0) is 4.79 Å². The zero-order valence-corrected chi connectivity index (χ0v) is 16.9. The van der Waals surface area contributed by atoms with Crippen molar-refractivity contribution < 1.29 is 19.1 Å². The second kappa shape index (κ2) is 7.69. The molecule has 1 amide bonds. The molecule has 7 heteroatoms. The molecule has 2 aromatic carbocycles. The molecule has 0 unspecified atom stereocenters. The van der Waals surface area contributed by atoms with Gasteiger partial charge in [0, 0.05) is 11.6 Å². The molecule has 0 atom stereocenters. The third kappa shape index (κ3) is 3.74. The van der Waals surface area contributed by atoms with Gasteiger partial charge in [-0.2, -0.15) is 0 Å². The van der Waals surface area contributed by atoms with Gasteiger partial charge in [0.05, 0.1) is 16.6 Å². The fourth-order valence-corrected chi connectivity index (χ4v) is 4.24. The van der Waals surface area contributed by atoms with Crippen LogP contribution in [0.1, 0.15) is 21.7 Å². The number of carbonyl (C=O) groups excluding carboxylic acids is 2. The third-order valence-corrected chi connectivity index (χ3v) is 5.76. The molecule has 0 radical (unpaired) electrons. The molecular formula is C22H14NO4S2-. The molecule has 1 aliphatic heterocycles. The van der Waals surface area contributed by atoms with Gasteiger partial charge >= 0.3 is 0 Å². The monoisotopic (exact) mass is 420 g/mol. The van der Waals surface area contributed by atoms with Crippen LogP contribution in [0.2, 0.25) is 0 Å². The molecule has 0 N–H and O–H groups in total. The fraction of sp³-hybridized carbons (Fsp3) is 0.0455. The van der Waals surface area contributed by atoms with Crippen LogP contribution in [-0.4, -0.2) is 16.2 Å². The van der Waals surface area contributed by atoms with Crippen molar-refractivity contribution in [2.45, 2.75) is 6.92 Å². The molecule has 1 fully saturated rings. The molecule has 0 saturated carbocycles. The minimum Gasteiger partial charge on any atom is -0.545 e. The highest BCUT2D eigenvalue weighted by Crippen LogP contribution is 2.37. The van der Waals surface area contributed by atoms with Crippen molar-refractivity contribution in [3.63, 3.8) is 0 Å². The Morgan fingerprint density at radius 2 is 1.83 bits per heavy atom. The Morgan fingerprint density at radius 1 is 1.10 bits per heavy atom. The predicted octanol–water partition coefficient (Wildman–Crippen LogP) is 4.02. The average Bonchev–Trinajstić information content (AvgIpc) is 3.27. The Morgan fingerprint density at radius 3 is 2.52 bits per heavy atom. The Kier molecular flexibility index (Phi) is 5.08. The van der Waals surface area contributed by atoms with E-state index in [-0.39, 0.29) is 11.5 Å². The number of thiocarbonyl (C=S) groups is 1. The number of aromatic carboxylic acids is 1. The molecule has 4 rings (SSSR count). The molecule has 0 aliphatic carbocycles. The number of amides is 1. The average molecular weight is 420 g/mol. The fourth-order valence-electron chi connectivity index (χ4n) is 2.98. The van der Waals surface area contributed by atoms with Gasteiger partial charge in [0.15, 0.2) is 4.32 Å². The van der Waals surface area contributed by atoms with Crippen molar-refractivity contribution in [2.24, 2.45) is 0 Å². The van der Waals surface area contributed by atoms with Gasteiger partial charge in [-0.1, -0.05) is 66.4 Å². The lowest BCUT2D eigenvalue weighted by molar-refractivity contribution is -0.255. The molecule has 1 saturated heterocycles. The van der Waals surface area contributed by atoms with E-state index in [1.54, 1.807) is 30.3 Å². The minimum absolute atomic E-state index is 0.0976. The number of carboxylic acids is 1. The number of anilines is 1. The van der Waals surface area contributed by atoms with Crippen molar-refractivity contribution in [2.75, 3.05) is 4.90 Å². The highest BCUT2D eigenvalue weighted by Gasteiger charge is 2.34. The van der Waals surface area contributed by atoms with Crippen LogP contribution in [0.3, 0.4) is 0 Å². The molecule has 1 aromatic heterocycles. The van der Waals surface area contributed by atoms with Gasteiger partial charge in [-0.05, 0) is 36.2 Å². The van der Waals surface area contributed by atoms with E-state index < -0.39 is 5.97 Å². The molecule has 0 bridgehead atoms. The molecule has 144 valence electrons. The first-order valence-corrected chi connectivity index (χ1v) is 9.92. The number of furan rings is 1. The highest BCUT2D eigenvalue weighted by atomic mass is 32.2. The lowest BCUT2D eigenvalue weighted by Crippen LogP contribution is -2.28. The van der Waals surface area contributed by atoms with Gasteiger partial charge in [0.1, 0.15) is 11.5 Å². The van der Waals surface area contributed by atoms with Gasteiger partial charge < -0.3 is 14.3 Å². The van der Waals surface area contributed by atoms with Crippen LogP contribution in [0.5, 0.6) is 0 Å². The van der Waals surface area contributed by atoms with Gasteiger partial charge in [0.2, 0.25) is 0 Å². The van der Waals surface area contributed by atoms with Crippen molar-refractivity contribution in [3.8, 4) is 11.3 Å². The number of hydrogen-bond donors (Lipinski definition) is 0. The molecule has 5 nitrogen and oxygen atoms in total. The van der Waals surface area contributed by atoms with Gasteiger partial charge in [0.25, 0.3) is 5.91 Å². The number of para-hydroxylation sites is 1. The first-order chi connectivity index (χ1) is 13.9. The van der Waals surface area contributed by atoms with E-state index in [1.807, 2.05) is 31.2 Å². The van der Waals surface area contributed by atoms with Crippen LogP contribution in [0, 0.1) is 6.92 Å². The highest BCUT2D eigenvalue weighted by molar-refractivity contribution is 8.27. The lowest BCUT2D eigenvalue weighted by atomic mass is 10.1. The van der Waals surface area contributed by atoms with E-state index in [1.165, 1.54) is 28.8 Å². The Balaban J connectivity index is 1.59. The zero-order chi connectivity index (χ0) is 20.5. The summed E-state index contributed by atoms with van der Waals surface area (Å²) in [4.78, 5) is 25.8. The van der Waals surface area contributed by atoms with Crippen molar-refractivity contribution >= 4 is 51.9 Å². The number of hydrogen-bond acceptors (Lipinski definition) is 6. The maximum Gasteiger partial charge on any atom is 0.270 e. The summed E-state index contributed by atoms with van der Waals surface area (Å²) in [6.45, 7) is 1.93. The normalized spacial score (nSPS) is 15.3. The summed E-state index contributed by atoms with van der Waals surface area (Å²) in [6, 6.07) is 17.3. The van der Waals surface area contributed by atoms with Crippen LogP contribution in [0.15, 0.2) is 70.0 Å². The summed E-state index contributed by atoms with van der Waals surface area (Å²) in [7, 11) is 0. The largest absolute Gasteiger partial charge is 0.545 e. The first kappa shape index (κ1) is 19.2. The van der Waals surface area contributed by atoms with E-state index in [0.29, 0.717) is 20.7 Å². The van der Waals surface area contributed by atoms with Gasteiger partial charge in [-0.3, -0.25) is 9.69 Å². The van der Waals surface area contributed by atoms with E-state index in [9.17, 15) is 14.7 Å². The van der Waals surface area contributed by atoms with Crippen LogP contribution in [0.4, 0.5) is 5.69 Å². The maximum absolute atomic E-state index is 12.9. The van der Waals surface area contributed by atoms with E-state index in [4.69, 9.17) is 16.6 Å². The SMILES string of the molecule is Cc1ccccc1N1C(=O)/C(=C\c2ccc(-c3ccc(C(=O)[O-])cc3)o2)SC1=S.